The van der Waals surface area contributed by atoms with Gasteiger partial charge < -0.3 is 0 Å². The zero-order valence-electron chi connectivity index (χ0n) is 19.5. The number of aryl methyl sites for hydroxylation is 1. The van der Waals surface area contributed by atoms with Gasteiger partial charge in [-0.3, -0.25) is 0 Å². The Labute approximate surface area is 208 Å². The van der Waals surface area contributed by atoms with E-state index in [1.54, 1.807) is 11.1 Å². The van der Waals surface area contributed by atoms with Gasteiger partial charge in [0.25, 0.3) is 0 Å². The molecule has 6 nitrogen and oxygen atoms in total. The molecular formula is C25H34N3O3Pb. The average molecular weight is 632 g/mol. The molecule has 3 atom stereocenters. The molecule has 1 aromatic carbocycles. The van der Waals surface area contributed by atoms with Crippen molar-refractivity contribution in [1.82, 2.24) is 14.8 Å². The summed E-state index contributed by atoms with van der Waals surface area (Å²) >= 11 is 0.698. The molecule has 1 saturated heterocycles. The predicted molar refractivity (Wildman–Crippen MR) is 127 cm³/mol. The van der Waals surface area contributed by atoms with Gasteiger partial charge in [0.15, 0.2) is 0 Å². The minimum atomic E-state index is -0.506. The Hall–Kier alpha value is -1.81. The summed E-state index contributed by atoms with van der Waals surface area (Å²) in [5.74, 6) is -0.286. The van der Waals surface area contributed by atoms with Gasteiger partial charge in [0.1, 0.15) is 0 Å². The number of esters is 1. The summed E-state index contributed by atoms with van der Waals surface area (Å²) in [7, 11) is 3.47. The Kier molecular flexibility index (Phi) is 11.3. The molecule has 0 N–H and O–H groups in total. The van der Waals surface area contributed by atoms with E-state index in [1.165, 1.54) is 12.7 Å². The fourth-order valence-corrected chi connectivity index (χ4v) is 5.34. The van der Waals surface area contributed by atoms with E-state index in [0.29, 0.717) is 38.7 Å². The summed E-state index contributed by atoms with van der Waals surface area (Å²) in [4.78, 5) is 33.9. The number of likely N-dealkylation sites (N-methyl/N-ethyl adjacent to an activating group) is 1. The SMILES string of the molecule is CC.COC(=O)C1CC(N(C)CCCc2cccnc2)CN1C(=O)[CH]([Pb])c1ccccc1. The number of ether oxygens (including phenoxy) is 1. The summed E-state index contributed by atoms with van der Waals surface area (Å²) in [6.45, 7) is 5.46. The molecule has 1 amide bonds. The minimum absolute atomic E-state index is 0.0366. The molecule has 32 heavy (non-hydrogen) atoms. The zero-order valence-corrected chi connectivity index (χ0v) is 23.4. The number of carbonyl (C=O) groups is 2. The van der Waals surface area contributed by atoms with Gasteiger partial charge >= 0.3 is 189 Å². The third-order valence-electron chi connectivity index (χ3n) is 5.74. The van der Waals surface area contributed by atoms with Crippen LogP contribution in [-0.2, 0) is 20.7 Å². The Balaban J connectivity index is 0.00000176. The number of hydrogen-bond donors (Lipinski definition) is 0. The topological polar surface area (TPSA) is 62.7 Å². The maximum atomic E-state index is 13.3. The third kappa shape index (κ3) is 7.10. The monoisotopic (exact) mass is 632 g/mol. The molecule has 3 unspecified atom stereocenters. The Morgan fingerprint density at radius 3 is 2.56 bits per heavy atom. The van der Waals surface area contributed by atoms with Crippen LogP contribution in [0.5, 0.6) is 0 Å². The van der Waals surface area contributed by atoms with E-state index in [9.17, 15) is 9.59 Å². The predicted octanol–water partition coefficient (Wildman–Crippen LogP) is 3.02. The van der Waals surface area contributed by atoms with Gasteiger partial charge in [-0.25, -0.2) is 0 Å². The van der Waals surface area contributed by atoms with Gasteiger partial charge in [0, 0.05) is 6.20 Å². The van der Waals surface area contributed by atoms with Gasteiger partial charge in [-0.05, 0) is 0 Å². The van der Waals surface area contributed by atoms with Gasteiger partial charge in [0.05, 0.1) is 0 Å². The van der Waals surface area contributed by atoms with Crippen LogP contribution in [0.25, 0.3) is 0 Å². The number of nitrogens with zero attached hydrogens (tertiary/aromatic N) is 3. The number of rotatable bonds is 8. The van der Waals surface area contributed by atoms with Crippen molar-refractivity contribution >= 4 is 37.6 Å². The molecule has 0 bridgehead atoms. The fraction of sp³-hybridized carbons (Fsp3) is 0.480. The first-order valence-electron chi connectivity index (χ1n) is 11.2. The molecule has 3 radical (unpaired) electrons. The van der Waals surface area contributed by atoms with Crippen LogP contribution < -0.4 is 0 Å². The molecule has 0 saturated carbocycles. The van der Waals surface area contributed by atoms with E-state index >= 15 is 0 Å². The Morgan fingerprint density at radius 2 is 1.94 bits per heavy atom. The number of carbonyl (C=O) groups excluding carboxylic acids is 2. The number of benzene rings is 1. The molecule has 7 heteroatoms. The van der Waals surface area contributed by atoms with Crippen molar-refractivity contribution in [2.75, 3.05) is 27.2 Å². The maximum absolute atomic E-state index is 13.3. The molecule has 0 spiro atoms. The second-order valence-corrected chi connectivity index (χ2v) is 9.95. The van der Waals surface area contributed by atoms with Gasteiger partial charge in [-0.2, -0.15) is 0 Å². The van der Waals surface area contributed by atoms with Crippen molar-refractivity contribution in [2.24, 2.45) is 0 Å². The van der Waals surface area contributed by atoms with E-state index in [1.807, 2.05) is 56.4 Å². The summed E-state index contributed by atoms with van der Waals surface area (Å²) < 4.78 is 4.86. The molecular weight excluding hydrogens is 597 g/mol. The van der Waals surface area contributed by atoms with Crippen molar-refractivity contribution in [2.45, 2.75) is 48.7 Å². The molecule has 0 aliphatic carbocycles. The molecule has 2 aromatic rings. The molecule has 1 aliphatic heterocycles. The van der Waals surface area contributed by atoms with Crippen LogP contribution >= 0.6 is 0 Å². The quantitative estimate of drug-likeness (QED) is 0.331. The van der Waals surface area contributed by atoms with Crippen LogP contribution in [0.3, 0.4) is 0 Å². The first-order chi connectivity index (χ1) is 15.5. The van der Waals surface area contributed by atoms with Gasteiger partial charge in [0.2, 0.25) is 0 Å². The summed E-state index contributed by atoms with van der Waals surface area (Å²) in [6.07, 6.45) is 6.27. The zero-order chi connectivity index (χ0) is 23.5. The Morgan fingerprint density at radius 1 is 1.22 bits per heavy atom. The normalized spacial score (nSPS) is 18.6. The van der Waals surface area contributed by atoms with Crippen molar-refractivity contribution in [3.05, 3.63) is 66.0 Å². The van der Waals surface area contributed by atoms with Gasteiger partial charge in [-0.1, -0.05) is 13.8 Å². The summed E-state index contributed by atoms with van der Waals surface area (Å²) in [6, 6.07) is 13.5. The fourth-order valence-electron chi connectivity index (χ4n) is 3.95. The molecule has 171 valence electrons. The van der Waals surface area contributed by atoms with E-state index in [4.69, 9.17) is 4.74 Å². The number of likely N-dealkylation sites (tertiary alicyclic amines) is 1. The standard InChI is InChI=1S/C23H28N3O3.C2H6.Pb/c1-25(13-7-11-19-10-6-12-24-16-19)20-15-21(23(28)29-2)26(17-20)22(27)14-18-8-4-3-5-9-18;1-2;/h3-6,8-10,12,14,16,20-21H,7,11,13,15,17H2,1-2H3;1-2H3;. The second-order valence-electron chi connectivity index (χ2n) is 7.71. The first-order valence-corrected chi connectivity index (χ1v) is 13.5. The number of methoxy groups -OCH3 is 1. The van der Waals surface area contributed by atoms with Crippen molar-refractivity contribution in [1.29, 1.82) is 0 Å². The summed E-state index contributed by atoms with van der Waals surface area (Å²) in [5.41, 5.74) is 2.24. The number of amides is 1. The Bertz CT molecular complexity index is 835. The van der Waals surface area contributed by atoms with Crippen molar-refractivity contribution < 1.29 is 14.3 Å². The van der Waals surface area contributed by atoms with Crippen LogP contribution in [0, 0.1) is 0 Å². The van der Waals surface area contributed by atoms with Gasteiger partial charge in [-0.15, -0.1) is 0 Å². The number of aromatic nitrogens is 1. The third-order valence-corrected chi connectivity index (χ3v) is 7.99. The number of pyridine rings is 1. The first kappa shape index (κ1) is 26.4. The molecule has 1 fully saturated rings. The van der Waals surface area contributed by atoms with Crippen LogP contribution in [-0.4, -0.2) is 91.8 Å². The molecule has 3 rings (SSSR count). The van der Waals surface area contributed by atoms with Crippen LogP contribution in [0.1, 0.15) is 41.3 Å². The molecule has 1 aromatic heterocycles. The summed E-state index contributed by atoms with van der Waals surface area (Å²) in [5, 5.41) is 0. The van der Waals surface area contributed by atoms with Crippen LogP contribution in [0.15, 0.2) is 54.9 Å². The molecule has 2 heterocycles. The van der Waals surface area contributed by atoms with E-state index in [-0.39, 0.29) is 21.4 Å². The van der Waals surface area contributed by atoms with Crippen LogP contribution in [0.2, 0.25) is 0 Å². The van der Waals surface area contributed by atoms with Crippen molar-refractivity contribution in [3.8, 4) is 0 Å². The van der Waals surface area contributed by atoms with E-state index in [2.05, 4.69) is 23.0 Å². The van der Waals surface area contributed by atoms with E-state index in [0.717, 1.165) is 24.9 Å². The van der Waals surface area contributed by atoms with Crippen LogP contribution in [0.4, 0.5) is 0 Å². The van der Waals surface area contributed by atoms with Crippen molar-refractivity contribution in [3.63, 3.8) is 0 Å². The average Bonchev–Trinajstić information content (AvgIpc) is 3.30. The van der Waals surface area contributed by atoms with E-state index < -0.39 is 6.04 Å². The second kappa shape index (κ2) is 13.7. The molecule has 1 aliphatic rings. The number of hydrogen-bond acceptors (Lipinski definition) is 5.